The van der Waals surface area contributed by atoms with Crippen LogP contribution in [0.4, 0.5) is 5.69 Å². The lowest BCUT2D eigenvalue weighted by Gasteiger charge is -2.06. The third kappa shape index (κ3) is 3.67. The Bertz CT molecular complexity index is 934. The zero-order valence-corrected chi connectivity index (χ0v) is 14.8. The predicted molar refractivity (Wildman–Crippen MR) is 97.4 cm³/mol. The zero-order chi connectivity index (χ0) is 18.0. The van der Waals surface area contributed by atoms with Crippen molar-refractivity contribution in [3.8, 4) is 17.1 Å². The molecule has 3 rings (SSSR count). The highest BCUT2D eigenvalue weighted by Crippen LogP contribution is 2.28. The van der Waals surface area contributed by atoms with Crippen molar-refractivity contribution in [2.75, 3.05) is 12.4 Å². The van der Waals surface area contributed by atoms with Gasteiger partial charge in [-0.2, -0.15) is 0 Å². The number of carbonyl (C=O) groups excluding carboxylic acids is 1. The molecule has 0 saturated heterocycles. The van der Waals surface area contributed by atoms with Crippen LogP contribution in [0.5, 0.6) is 5.75 Å². The van der Waals surface area contributed by atoms with Gasteiger partial charge in [-0.05, 0) is 49.2 Å². The molecular weight excluding hydrogens is 340 g/mol. The fourth-order valence-electron chi connectivity index (χ4n) is 2.35. The van der Waals surface area contributed by atoms with Crippen LogP contribution < -0.4 is 10.1 Å². The first-order valence-corrected chi connectivity index (χ1v) is 8.05. The van der Waals surface area contributed by atoms with E-state index in [1.165, 1.54) is 12.7 Å². The standard InChI is InChI=1S/C19H17ClN2O3/c1-11-4-5-13(8-12(11)2)18-10-16(22-25-18)19(23)21-14-6-7-17(24-3)15(20)9-14/h4-10H,1-3H3,(H,21,23). The molecule has 2 aromatic carbocycles. The van der Waals surface area contributed by atoms with Crippen LogP contribution in [0.15, 0.2) is 47.0 Å². The van der Waals surface area contributed by atoms with Gasteiger partial charge < -0.3 is 14.6 Å². The molecule has 0 bridgehead atoms. The van der Waals surface area contributed by atoms with Crippen LogP contribution in [0, 0.1) is 13.8 Å². The second kappa shape index (κ2) is 6.99. The number of hydrogen-bond donors (Lipinski definition) is 1. The van der Waals surface area contributed by atoms with Crippen LogP contribution in [0.3, 0.4) is 0 Å². The van der Waals surface area contributed by atoms with Crippen molar-refractivity contribution in [1.82, 2.24) is 5.16 Å². The molecule has 128 valence electrons. The molecule has 1 N–H and O–H groups in total. The predicted octanol–water partition coefficient (Wildman–Crippen LogP) is 4.87. The fourth-order valence-corrected chi connectivity index (χ4v) is 2.61. The van der Waals surface area contributed by atoms with Crippen LogP contribution in [0.2, 0.25) is 5.02 Å². The van der Waals surface area contributed by atoms with E-state index in [2.05, 4.69) is 10.5 Å². The van der Waals surface area contributed by atoms with Gasteiger partial charge in [0.2, 0.25) is 0 Å². The highest BCUT2D eigenvalue weighted by Gasteiger charge is 2.15. The Morgan fingerprint density at radius 1 is 1.12 bits per heavy atom. The summed E-state index contributed by atoms with van der Waals surface area (Å²) in [5.74, 6) is 0.708. The van der Waals surface area contributed by atoms with E-state index in [-0.39, 0.29) is 11.6 Å². The van der Waals surface area contributed by atoms with Gasteiger partial charge in [-0.3, -0.25) is 4.79 Å². The largest absolute Gasteiger partial charge is 0.495 e. The Balaban J connectivity index is 1.78. The molecule has 1 aromatic heterocycles. The zero-order valence-electron chi connectivity index (χ0n) is 14.1. The monoisotopic (exact) mass is 356 g/mol. The second-order valence-corrected chi connectivity index (χ2v) is 6.09. The molecule has 3 aromatic rings. The lowest BCUT2D eigenvalue weighted by atomic mass is 10.0. The van der Waals surface area contributed by atoms with Crippen LogP contribution in [-0.4, -0.2) is 18.2 Å². The summed E-state index contributed by atoms with van der Waals surface area (Å²) in [6.45, 7) is 4.06. The Morgan fingerprint density at radius 2 is 1.92 bits per heavy atom. The van der Waals surface area contributed by atoms with E-state index < -0.39 is 0 Å². The minimum absolute atomic E-state index is 0.195. The molecule has 1 amide bonds. The number of carbonyl (C=O) groups is 1. The summed E-state index contributed by atoms with van der Waals surface area (Å²) in [6.07, 6.45) is 0. The first-order valence-electron chi connectivity index (χ1n) is 7.67. The van der Waals surface area contributed by atoms with Gasteiger partial charge in [0.15, 0.2) is 11.5 Å². The number of anilines is 1. The number of aromatic nitrogens is 1. The molecule has 6 heteroatoms. The van der Waals surface area contributed by atoms with Gasteiger partial charge in [-0.1, -0.05) is 28.9 Å². The molecule has 0 unspecified atom stereocenters. The summed E-state index contributed by atoms with van der Waals surface area (Å²) in [7, 11) is 1.53. The maximum absolute atomic E-state index is 12.3. The Labute approximate surface area is 150 Å². The maximum atomic E-state index is 12.3. The Hall–Kier alpha value is -2.79. The van der Waals surface area contributed by atoms with Crippen molar-refractivity contribution in [3.05, 3.63) is 64.3 Å². The first-order chi connectivity index (χ1) is 12.0. The lowest BCUT2D eigenvalue weighted by molar-refractivity contribution is 0.101. The van der Waals surface area contributed by atoms with Gasteiger partial charge in [-0.25, -0.2) is 0 Å². The van der Waals surface area contributed by atoms with E-state index in [1.54, 1.807) is 24.3 Å². The smallest absolute Gasteiger partial charge is 0.277 e. The highest BCUT2D eigenvalue weighted by atomic mass is 35.5. The quantitative estimate of drug-likeness (QED) is 0.724. The first kappa shape index (κ1) is 17.0. The summed E-state index contributed by atoms with van der Waals surface area (Å²) < 4.78 is 10.4. The average molecular weight is 357 g/mol. The molecule has 1 heterocycles. The Morgan fingerprint density at radius 3 is 2.60 bits per heavy atom. The number of methoxy groups -OCH3 is 1. The van der Waals surface area contributed by atoms with Gasteiger partial charge in [0.25, 0.3) is 5.91 Å². The number of benzene rings is 2. The topological polar surface area (TPSA) is 64.4 Å². The number of nitrogens with one attached hydrogen (secondary N) is 1. The number of nitrogens with zero attached hydrogens (tertiary/aromatic N) is 1. The second-order valence-electron chi connectivity index (χ2n) is 5.68. The van der Waals surface area contributed by atoms with E-state index in [4.69, 9.17) is 20.9 Å². The average Bonchev–Trinajstić information content (AvgIpc) is 3.08. The van der Waals surface area contributed by atoms with Gasteiger partial charge in [0.05, 0.1) is 12.1 Å². The number of rotatable bonds is 4. The maximum Gasteiger partial charge on any atom is 0.277 e. The molecule has 25 heavy (non-hydrogen) atoms. The molecule has 0 aliphatic carbocycles. The third-order valence-corrected chi connectivity index (χ3v) is 4.24. The molecule has 0 aliphatic heterocycles. The summed E-state index contributed by atoms with van der Waals surface area (Å²) in [5, 5.41) is 7.00. The summed E-state index contributed by atoms with van der Waals surface area (Å²) in [4.78, 5) is 12.3. The molecule has 0 radical (unpaired) electrons. The van der Waals surface area contributed by atoms with Gasteiger partial charge in [0, 0.05) is 17.3 Å². The van der Waals surface area contributed by atoms with Crippen molar-refractivity contribution < 1.29 is 14.1 Å². The van der Waals surface area contributed by atoms with E-state index in [0.29, 0.717) is 22.2 Å². The van der Waals surface area contributed by atoms with Gasteiger partial charge in [0.1, 0.15) is 5.75 Å². The molecule has 0 aliphatic rings. The van der Waals surface area contributed by atoms with Crippen molar-refractivity contribution in [2.45, 2.75) is 13.8 Å². The summed E-state index contributed by atoms with van der Waals surface area (Å²) >= 11 is 6.06. The van der Waals surface area contributed by atoms with Crippen LogP contribution in [0.1, 0.15) is 21.6 Å². The van der Waals surface area contributed by atoms with Gasteiger partial charge >= 0.3 is 0 Å². The molecule has 5 nitrogen and oxygen atoms in total. The molecule has 0 atom stereocenters. The van der Waals surface area contributed by atoms with E-state index in [1.807, 2.05) is 32.0 Å². The SMILES string of the molecule is COc1ccc(NC(=O)c2cc(-c3ccc(C)c(C)c3)on2)cc1Cl. The number of aryl methyl sites for hydroxylation is 2. The lowest BCUT2D eigenvalue weighted by Crippen LogP contribution is -2.12. The highest BCUT2D eigenvalue weighted by molar-refractivity contribution is 6.32. The number of ether oxygens (including phenoxy) is 1. The normalized spacial score (nSPS) is 10.6. The number of amides is 1. The van der Waals surface area contributed by atoms with Crippen molar-refractivity contribution >= 4 is 23.2 Å². The minimum atomic E-state index is -0.375. The molecule has 0 fully saturated rings. The van der Waals surface area contributed by atoms with E-state index in [0.717, 1.165) is 11.1 Å². The fraction of sp³-hybridized carbons (Fsp3) is 0.158. The van der Waals surface area contributed by atoms with Crippen molar-refractivity contribution in [2.24, 2.45) is 0 Å². The number of halogens is 1. The van der Waals surface area contributed by atoms with Crippen molar-refractivity contribution in [3.63, 3.8) is 0 Å². The third-order valence-electron chi connectivity index (χ3n) is 3.94. The van der Waals surface area contributed by atoms with Crippen LogP contribution in [-0.2, 0) is 0 Å². The summed E-state index contributed by atoms with van der Waals surface area (Å²) in [5.41, 5.74) is 3.96. The number of hydrogen-bond acceptors (Lipinski definition) is 4. The van der Waals surface area contributed by atoms with Crippen LogP contribution in [0.25, 0.3) is 11.3 Å². The molecule has 0 spiro atoms. The van der Waals surface area contributed by atoms with Gasteiger partial charge in [-0.15, -0.1) is 0 Å². The van der Waals surface area contributed by atoms with E-state index in [9.17, 15) is 4.79 Å². The molecular formula is C19H17ClN2O3. The van der Waals surface area contributed by atoms with E-state index >= 15 is 0 Å². The molecule has 0 saturated carbocycles. The van der Waals surface area contributed by atoms with Crippen LogP contribution >= 0.6 is 11.6 Å². The Kier molecular flexibility index (Phi) is 4.76. The van der Waals surface area contributed by atoms with Crippen molar-refractivity contribution in [1.29, 1.82) is 0 Å². The summed E-state index contributed by atoms with van der Waals surface area (Å²) in [6, 6.07) is 12.6. The minimum Gasteiger partial charge on any atom is -0.495 e.